The lowest BCUT2D eigenvalue weighted by Crippen LogP contribution is -2.41. The molecular formula is C21H16N6OS. The van der Waals surface area contributed by atoms with E-state index in [1.165, 1.54) is 0 Å². The third-order valence-corrected chi connectivity index (χ3v) is 6.49. The number of rotatable bonds is 2. The van der Waals surface area contributed by atoms with Crippen molar-refractivity contribution in [3.8, 4) is 0 Å². The Hall–Kier alpha value is -3.52. The maximum atomic E-state index is 13.6. The predicted molar refractivity (Wildman–Crippen MR) is 111 cm³/mol. The number of carbonyl (C=O) groups is 1. The average Bonchev–Trinajstić information content (AvgIpc) is 3.49. The molecule has 0 fully saturated rings. The Labute approximate surface area is 169 Å². The molecule has 142 valence electrons. The number of thiazole rings is 1. The number of hydrogen-bond donors (Lipinski definition) is 2. The lowest BCUT2D eigenvalue weighted by molar-refractivity contribution is 0.0686. The summed E-state index contributed by atoms with van der Waals surface area (Å²) in [4.78, 5) is 28.0. The number of aromatic nitrogens is 5. The van der Waals surface area contributed by atoms with Gasteiger partial charge in [-0.25, -0.2) is 9.97 Å². The van der Waals surface area contributed by atoms with Crippen LogP contribution in [-0.2, 0) is 6.42 Å². The molecule has 8 heteroatoms. The first-order valence-corrected chi connectivity index (χ1v) is 10.2. The number of para-hydroxylation sites is 2. The Morgan fingerprint density at radius 1 is 1.14 bits per heavy atom. The van der Waals surface area contributed by atoms with Gasteiger partial charge in [0, 0.05) is 24.0 Å². The highest BCUT2D eigenvalue weighted by atomic mass is 32.1. The predicted octanol–water partition coefficient (Wildman–Crippen LogP) is 3.68. The zero-order valence-electron chi connectivity index (χ0n) is 15.3. The molecule has 0 bridgehead atoms. The molecule has 0 aliphatic carbocycles. The molecule has 2 aromatic carbocycles. The number of nitrogens with one attached hydrogen (secondary N) is 2. The maximum Gasteiger partial charge on any atom is 0.275 e. The molecule has 1 aliphatic heterocycles. The molecule has 3 aromatic heterocycles. The zero-order chi connectivity index (χ0) is 19.4. The lowest BCUT2D eigenvalue weighted by atomic mass is 10.0. The molecule has 0 saturated heterocycles. The second kappa shape index (κ2) is 6.25. The van der Waals surface area contributed by atoms with Crippen molar-refractivity contribution in [1.29, 1.82) is 0 Å². The quantitative estimate of drug-likeness (QED) is 0.473. The smallest absolute Gasteiger partial charge is 0.275 e. The standard InChI is InChI=1S/C21H16N6OS/c28-21(17-12-5-1-2-6-13(12)25-26-17)27-10-9-15-18(23-11-22-15)19(27)20-24-14-7-3-4-8-16(14)29-20/h1-8,11,19H,9-10H2,(H,22,23)(H,25,26)/t19-/m0/s1. The van der Waals surface area contributed by atoms with Crippen molar-refractivity contribution in [2.24, 2.45) is 0 Å². The van der Waals surface area contributed by atoms with Gasteiger partial charge in [0.25, 0.3) is 5.91 Å². The SMILES string of the molecule is O=C(c1n[nH]c2ccccc12)N1CCc2[nH]cnc2[C@H]1c1nc2ccccc2s1. The number of hydrogen-bond acceptors (Lipinski definition) is 5. The number of H-pyrrole nitrogens is 2. The molecule has 1 aliphatic rings. The van der Waals surface area contributed by atoms with E-state index in [2.05, 4.69) is 26.2 Å². The van der Waals surface area contributed by atoms with Crippen molar-refractivity contribution >= 4 is 38.4 Å². The van der Waals surface area contributed by atoms with Crippen molar-refractivity contribution in [2.45, 2.75) is 12.5 Å². The Bertz CT molecular complexity index is 1330. The largest absolute Gasteiger partial charge is 0.348 e. The summed E-state index contributed by atoms with van der Waals surface area (Å²) in [5, 5.41) is 8.98. The molecule has 0 saturated carbocycles. The molecule has 1 atom stereocenters. The number of aromatic amines is 2. The van der Waals surface area contributed by atoms with Crippen LogP contribution in [0.2, 0.25) is 0 Å². The highest BCUT2D eigenvalue weighted by Crippen LogP contribution is 2.38. The number of carbonyl (C=O) groups excluding carboxylic acids is 1. The van der Waals surface area contributed by atoms with Crippen LogP contribution in [0.3, 0.4) is 0 Å². The molecule has 4 heterocycles. The van der Waals surface area contributed by atoms with Gasteiger partial charge in [-0.1, -0.05) is 30.3 Å². The highest BCUT2D eigenvalue weighted by Gasteiger charge is 2.37. The summed E-state index contributed by atoms with van der Waals surface area (Å²) < 4.78 is 1.10. The van der Waals surface area contributed by atoms with Gasteiger partial charge in [-0.15, -0.1) is 11.3 Å². The van der Waals surface area contributed by atoms with E-state index in [4.69, 9.17) is 4.98 Å². The van der Waals surface area contributed by atoms with E-state index >= 15 is 0 Å². The molecule has 2 N–H and O–H groups in total. The summed E-state index contributed by atoms with van der Waals surface area (Å²) in [6.07, 6.45) is 2.42. The van der Waals surface area contributed by atoms with E-state index < -0.39 is 0 Å². The fraction of sp³-hybridized carbons (Fsp3) is 0.143. The minimum absolute atomic E-state index is 0.111. The van der Waals surface area contributed by atoms with Gasteiger partial charge in [0.05, 0.1) is 27.8 Å². The van der Waals surface area contributed by atoms with Crippen LogP contribution in [0.1, 0.15) is 32.9 Å². The Kier molecular flexibility index (Phi) is 3.54. The van der Waals surface area contributed by atoms with Crippen LogP contribution < -0.4 is 0 Å². The van der Waals surface area contributed by atoms with Gasteiger partial charge >= 0.3 is 0 Å². The van der Waals surface area contributed by atoms with E-state index in [0.717, 1.165) is 43.9 Å². The first-order chi connectivity index (χ1) is 14.3. The Balaban J connectivity index is 1.49. The molecule has 1 amide bonds. The van der Waals surface area contributed by atoms with E-state index in [1.54, 1.807) is 17.7 Å². The number of amides is 1. The third-order valence-electron chi connectivity index (χ3n) is 5.40. The van der Waals surface area contributed by atoms with Crippen LogP contribution in [0.5, 0.6) is 0 Å². The van der Waals surface area contributed by atoms with Gasteiger partial charge in [-0.3, -0.25) is 9.89 Å². The second-order valence-corrected chi connectivity index (χ2v) is 8.12. The van der Waals surface area contributed by atoms with Crippen molar-refractivity contribution in [2.75, 3.05) is 6.54 Å². The molecule has 0 spiro atoms. The topological polar surface area (TPSA) is 90.6 Å². The highest BCUT2D eigenvalue weighted by molar-refractivity contribution is 7.18. The summed E-state index contributed by atoms with van der Waals surface area (Å²) in [5.41, 5.74) is 4.15. The van der Waals surface area contributed by atoms with Crippen LogP contribution in [0.15, 0.2) is 54.9 Å². The lowest BCUT2D eigenvalue weighted by Gasteiger charge is -2.33. The van der Waals surface area contributed by atoms with Gasteiger partial charge in [-0.05, 0) is 18.2 Å². The van der Waals surface area contributed by atoms with Crippen LogP contribution >= 0.6 is 11.3 Å². The third kappa shape index (κ3) is 2.49. The van der Waals surface area contributed by atoms with Crippen LogP contribution in [0.4, 0.5) is 0 Å². The number of nitrogens with zero attached hydrogens (tertiary/aromatic N) is 4. The van der Waals surface area contributed by atoms with Crippen molar-refractivity contribution in [3.05, 3.63) is 76.9 Å². The molecule has 6 rings (SSSR count). The molecule has 7 nitrogen and oxygen atoms in total. The molecular weight excluding hydrogens is 384 g/mol. The fourth-order valence-corrected chi connectivity index (χ4v) is 5.10. The molecule has 0 radical (unpaired) electrons. The molecule has 29 heavy (non-hydrogen) atoms. The Morgan fingerprint density at radius 2 is 2.00 bits per heavy atom. The Morgan fingerprint density at radius 3 is 2.93 bits per heavy atom. The summed E-state index contributed by atoms with van der Waals surface area (Å²) >= 11 is 1.61. The fourth-order valence-electron chi connectivity index (χ4n) is 4.02. The van der Waals surface area contributed by atoms with Crippen LogP contribution in [0.25, 0.3) is 21.1 Å². The zero-order valence-corrected chi connectivity index (χ0v) is 16.1. The summed E-state index contributed by atoms with van der Waals surface area (Å²) in [7, 11) is 0. The average molecular weight is 400 g/mol. The van der Waals surface area contributed by atoms with E-state index in [9.17, 15) is 4.79 Å². The van der Waals surface area contributed by atoms with Gasteiger partial charge in [0.15, 0.2) is 5.69 Å². The van der Waals surface area contributed by atoms with Crippen LogP contribution in [0, 0.1) is 0 Å². The summed E-state index contributed by atoms with van der Waals surface area (Å²) in [5.74, 6) is -0.111. The summed E-state index contributed by atoms with van der Waals surface area (Å²) in [6, 6.07) is 15.4. The normalized spacial score (nSPS) is 16.4. The van der Waals surface area contributed by atoms with Gasteiger partial charge in [-0.2, -0.15) is 5.10 Å². The van der Waals surface area contributed by atoms with Crippen molar-refractivity contribution in [1.82, 2.24) is 30.0 Å². The minimum atomic E-state index is -0.328. The first-order valence-electron chi connectivity index (χ1n) is 9.41. The van der Waals surface area contributed by atoms with Gasteiger partial charge in [0.1, 0.15) is 11.0 Å². The first kappa shape index (κ1) is 16.4. The number of imidazole rings is 1. The summed E-state index contributed by atoms with van der Waals surface area (Å²) in [6.45, 7) is 0.579. The van der Waals surface area contributed by atoms with E-state index in [-0.39, 0.29) is 11.9 Å². The van der Waals surface area contributed by atoms with E-state index in [1.807, 2.05) is 47.4 Å². The number of fused-ring (bicyclic) bond motifs is 3. The minimum Gasteiger partial charge on any atom is -0.348 e. The van der Waals surface area contributed by atoms with Crippen LogP contribution in [-0.4, -0.2) is 42.5 Å². The molecule has 5 aromatic rings. The van der Waals surface area contributed by atoms with Crippen molar-refractivity contribution < 1.29 is 4.79 Å². The number of benzene rings is 2. The monoisotopic (exact) mass is 400 g/mol. The molecule has 0 unspecified atom stereocenters. The van der Waals surface area contributed by atoms with Crippen molar-refractivity contribution in [3.63, 3.8) is 0 Å². The van der Waals surface area contributed by atoms with E-state index in [0.29, 0.717) is 12.2 Å². The maximum absolute atomic E-state index is 13.6. The van der Waals surface area contributed by atoms with Gasteiger partial charge in [0.2, 0.25) is 0 Å². The van der Waals surface area contributed by atoms with Gasteiger partial charge < -0.3 is 9.88 Å². The second-order valence-electron chi connectivity index (χ2n) is 7.06.